The standard InChI is InChI=1S/C12H19BrN4/c1-17(12-7-6-11(13)15-16-12)8-9-2-4-10(14)5-3-9/h6-7,9-10H,2-5,8,14H2,1H3/t9-,10-. The normalized spacial score (nSPS) is 24.6. The molecule has 0 spiro atoms. The Bertz CT molecular complexity index is 346. The number of halogens is 1. The van der Waals surface area contributed by atoms with E-state index in [1.807, 2.05) is 12.1 Å². The van der Waals surface area contributed by atoms with E-state index in [1.165, 1.54) is 12.8 Å². The van der Waals surface area contributed by atoms with Gasteiger partial charge in [-0.25, -0.2) is 0 Å². The third-order valence-electron chi connectivity index (χ3n) is 3.43. The van der Waals surface area contributed by atoms with Gasteiger partial charge in [-0.2, -0.15) is 0 Å². The first-order valence-corrected chi connectivity index (χ1v) is 6.90. The lowest BCUT2D eigenvalue weighted by molar-refractivity contribution is 0.329. The van der Waals surface area contributed by atoms with Gasteiger partial charge in [0.05, 0.1) is 0 Å². The average molecular weight is 299 g/mol. The van der Waals surface area contributed by atoms with Crippen LogP contribution in [0.2, 0.25) is 0 Å². The molecule has 1 aliphatic carbocycles. The van der Waals surface area contributed by atoms with Gasteiger partial charge in [-0.3, -0.25) is 0 Å². The lowest BCUT2D eigenvalue weighted by Crippen LogP contribution is -2.33. The molecule has 1 fully saturated rings. The van der Waals surface area contributed by atoms with Gasteiger partial charge in [0.1, 0.15) is 4.60 Å². The molecule has 0 unspecified atom stereocenters. The zero-order valence-electron chi connectivity index (χ0n) is 10.1. The summed E-state index contributed by atoms with van der Waals surface area (Å²) in [5, 5.41) is 8.17. The van der Waals surface area contributed by atoms with Crippen LogP contribution in [0.1, 0.15) is 25.7 Å². The minimum absolute atomic E-state index is 0.420. The van der Waals surface area contributed by atoms with Gasteiger partial charge < -0.3 is 10.6 Å². The lowest BCUT2D eigenvalue weighted by atomic mass is 9.86. The maximum absolute atomic E-state index is 5.91. The molecule has 1 aromatic rings. The Morgan fingerprint density at radius 1 is 1.29 bits per heavy atom. The average Bonchev–Trinajstić information content (AvgIpc) is 2.33. The summed E-state index contributed by atoms with van der Waals surface area (Å²) < 4.78 is 0.776. The fraction of sp³-hybridized carbons (Fsp3) is 0.667. The molecular formula is C12H19BrN4. The smallest absolute Gasteiger partial charge is 0.151 e. The van der Waals surface area contributed by atoms with Crippen molar-refractivity contribution in [1.29, 1.82) is 0 Å². The van der Waals surface area contributed by atoms with Crippen LogP contribution in [0.15, 0.2) is 16.7 Å². The lowest BCUT2D eigenvalue weighted by Gasteiger charge is -2.29. The summed E-state index contributed by atoms with van der Waals surface area (Å²) in [6.07, 6.45) is 4.78. The second kappa shape index (κ2) is 5.78. The summed E-state index contributed by atoms with van der Waals surface area (Å²) in [6.45, 7) is 1.04. The first-order chi connectivity index (χ1) is 8.15. The van der Waals surface area contributed by atoms with E-state index in [0.29, 0.717) is 6.04 Å². The Morgan fingerprint density at radius 2 is 2.00 bits per heavy atom. The molecule has 2 rings (SSSR count). The molecule has 0 bridgehead atoms. The van der Waals surface area contributed by atoms with Gasteiger partial charge in [0, 0.05) is 19.6 Å². The van der Waals surface area contributed by atoms with Crippen molar-refractivity contribution < 1.29 is 0 Å². The Morgan fingerprint density at radius 3 is 2.59 bits per heavy atom. The third kappa shape index (κ3) is 3.64. The molecule has 0 atom stereocenters. The first kappa shape index (κ1) is 12.8. The zero-order valence-corrected chi connectivity index (χ0v) is 11.7. The zero-order chi connectivity index (χ0) is 12.3. The number of aromatic nitrogens is 2. The molecule has 5 heteroatoms. The van der Waals surface area contributed by atoms with E-state index in [-0.39, 0.29) is 0 Å². The van der Waals surface area contributed by atoms with Crippen molar-refractivity contribution >= 4 is 21.7 Å². The van der Waals surface area contributed by atoms with Crippen LogP contribution in [0.5, 0.6) is 0 Å². The Balaban J connectivity index is 1.88. The van der Waals surface area contributed by atoms with Gasteiger partial charge in [0.2, 0.25) is 0 Å². The topological polar surface area (TPSA) is 55.0 Å². The van der Waals surface area contributed by atoms with Gasteiger partial charge in [-0.15, -0.1) is 10.2 Å². The highest BCUT2D eigenvalue weighted by Gasteiger charge is 2.20. The quantitative estimate of drug-likeness (QED) is 0.929. The molecule has 0 amide bonds. The van der Waals surface area contributed by atoms with E-state index >= 15 is 0 Å². The predicted molar refractivity (Wildman–Crippen MR) is 72.9 cm³/mol. The van der Waals surface area contributed by atoms with Gasteiger partial charge >= 0.3 is 0 Å². The van der Waals surface area contributed by atoms with Crippen LogP contribution in [0.25, 0.3) is 0 Å². The number of anilines is 1. The highest BCUT2D eigenvalue weighted by Crippen LogP contribution is 2.24. The Labute approximate surface area is 111 Å². The SMILES string of the molecule is CN(C[C@H]1CC[C@H](N)CC1)c1ccc(Br)nn1. The minimum Gasteiger partial charge on any atom is -0.358 e. The van der Waals surface area contributed by atoms with Crippen molar-refractivity contribution in [2.75, 3.05) is 18.5 Å². The molecule has 4 nitrogen and oxygen atoms in total. The summed E-state index contributed by atoms with van der Waals surface area (Å²) in [5.41, 5.74) is 5.91. The Kier molecular flexibility index (Phi) is 4.34. The fourth-order valence-corrected chi connectivity index (χ4v) is 2.58. The van der Waals surface area contributed by atoms with Crippen LogP contribution in [0, 0.1) is 5.92 Å². The van der Waals surface area contributed by atoms with Crippen LogP contribution in [-0.4, -0.2) is 29.8 Å². The summed E-state index contributed by atoms with van der Waals surface area (Å²) in [4.78, 5) is 2.18. The summed E-state index contributed by atoms with van der Waals surface area (Å²) >= 11 is 3.29. The first-order valence-electron chi connectivity index (χ1n) is 6.11. The molecule has 0 aromatic carbocycles. The van der Waals surface area contributed by atoms with Crippen LogP contribution in [0.4, 0.5) is 5.82 Å². The van der Waals surface area contributed by atoms with Crippen molar-refractivity contribution in [3.05, 3.63) is 16.7 Å². The van der Waals surface area contributed by atoms with Gasteiger partial charge in [-0.1, -0.05) is 0 Å². The molecule has 94 valence electrons. The molecular weight excluding hydrogens is 280 g/mol. The van der Waals surface area contributed by atoms with Crippen molar-refractivity contribution in [2.45, 2.75) is 31.7 Å². The van der Waals surface area contributed by atoms with Gasteiger partial charge in [-0.05, 0) is 59.7 Å². The number of rotatable bonds is 3. The van der Waals surface area contributed by atoms with Gasteiger partial charge in [0.15, 0.2) is 5.82 Å². The van der Waals surface area contributed by atoms with E-state index < -0.39 is 0 Å². The molecule has 17 heavy (non-hydrogen) atoms. The monoisotopic (exact) mass is 298 g/mol. The minimum atomic E-state index is 0.420. The molecule has 0 saturated heterocycles. The highest BCUT2D eigenvalue weighted by molar-refractivity contribution is 9.10. The van der Waals surface area contributed by atoms with E-state index in [4.69, 9.17) is 5.73 Å². The van der Waals surface area contributed by atoms with Crippen molar-refractivity contribution in [3.8, 4) is 0 Å². The van der Waals surface area contributed by atoms with E-state index in [2.05, 4.69) is 38.1 Å². The van der Waals surface area contributed by atoms with Crippen LogP contribution in [-0.2, 0) is 0 Å². The summed E-state index contributed by atoms with van der Waals surface area (Å²) in [7, 11) is 2.08. The summed E-state index contributed by atoms with van der Waals surface area (Å²) in [5.74, 6) is 1.67. The third-order valence-corrected chi connectivity index (χ3v) is 3.86. The fourth-order valence-electron chi connectivity index (χ4n) is 2.36. The molecule has 1 aliphatic rings. The Hall–Kier alpha value is -0.680. The number of hydrogen-bond donors (Lipinski definition) is 1. The molecule has 0 radical (unpaired) electrons. The van der Waals surface area contributed by atoms with Crippen molar-refractivity contribution in [2.24, 2.45) is 11.7 Å². The van der Waals surface area contributed by atoms with E-state index in [1.54, 1.807) is 0 Å². The molecule has 1 aromatic heterocycles. The van der Waals surface area contributed by atoms with E-state index in [0.717, 1.165) is 35.7 Å². The van der Waals surface area contributed by atoms with Crippen LogP contribution >= 0.6 is 15.9 Å². The second-order valence-electron chi connectivity index (χ2n) is 4.88. The number of nitrogens with zero attached hydrogens (tertiary/aromatic N) is 3. The van der Waals surface area contributed by atoms with Gasteiger partial charge in [0.25, 0.3) is 0 Å². The van der Waals surface area contributed by atoms with E-state index in [9.17, 15) is 0 Å². The van der Waals surface area contributed by atoms with Crippen molar-refractivity contribution in [3.63, 3.8) is 0 Å². The predicted octanol–water partition coefficient (Wildman–Crippen LogP) is 2.19. The maximum atomic E-state index is 5.91. The van der Waals surface area contributed by atoms with Crippen LogP contribution < -0.4 is 10.6 Å². The number of hydrogen-bond acceptors (Lipinski definition) is 4. The molecule has 1 saturated carbocycles. The van der Waals surface area contributed by atoms with Crippen molar-refractivity contribution in [1.82, 2.24) is 10.2 Å². The molecule has 1 heterocycles. The largest absolute Gasteiger partial charge is 0.358 e. The molecule has 2 N–H and O–H groups in total. The number of nitrogens with two attached hydrogens (primary N) is 1. The maximum Gasteiger partial charge on any atom is 0.151 e. The molecule has 0 aliphatic heterocycles. The highest BCUT2D eigenvalue weighted by atomic mass is 79.9. The summed E-state index contributed by atoms with van der Waals surface area (Å²) in [6, 6.07) is 4.34. The van der Waals surface area contributed by atoms with Crippen LogP contribution in [0.3, 0.4) is 0 Å². The second-order valence-corrected chi connectivity index (χ2v) is 5.69.